The number of hydrogen-bond donors (Lipinski definition) is 2. The third-order valence-electron chi connectivity index (χ3n) is 4.73. The lowest BCUT2D eigenvalue weighted by Crippen LogP contribution is -2.26. The minimum Gasteiger partial charge on any atom is -0.343 e. The fourth-order valence-corrected chi connectivity index (χ4v) is 3.31. The number of benzene rings is 1. The van der Waals surface area contributed by atoms with E-state index in [2.05, 4.69) is 20.4 Å². The van der Waals surface area contributed by atoms with Gasteiger partial charge in [-0.05, 0) is 24.6 Å². The molecule has 3 heterocycles. The van der Waals surface area contributed by atoms with Crippen LogP contribution in [-0.2, 0) is 17.4 Å². The molecule has 0 saturated heterocycles. The van der Waals surface area contributed by atoms with E-state index in [1.165, 1.54) is 31.5 Å². The highest BCUT2D eigenvalue weighted by Gasteiger charge is 2.39. The molecule has 31 heavy (non-hydrogen) atoms. The van der Waals surface area contributed by atoms with Gasteiger partial charge in [-0.15, -0.1) is 0 Å². The van der Waals surface area contributed by atoms with Crippen LogP contribution >= 0.6 is 0 Å². The van der Waals surface area contributed by atoms with Gasteiger partial charge in [-0.1, -0.05) is 30.3 Å². The number of fused-ring (bicyclic) bond motifs is 1. The third-order valence-corrected chi connectivity index (χ3v) is 4.73. The minimum absolute atomic E-state index is 0.0230. The molecule has 0 saturated carbocycles. The number of pyridine rings is 1. The second-order valence-electron chi connectivity index (χ2n) is 6.84. The van der Waals surface area contributed by atoms with Gasteiger partial charge >= 0.3 is 6.18 Å². The molecule has 7 nitrogen and oxygen atoms in total. The van der Waals surface area contributed by atoms with Crippen molar-refractivity contribution in [3.63, 3.8) is 0 Å². The van der Waals surface area contributed by atoms with E-state index in [0.717, 1.165) is 0 Å². The van der Waals surface area contributed by atoms with Gasteiger partial charge in [0, 0.05) is 29.3 Å². The molecule has 0 bridgehead atoms. The molecule has 4 aromatic rings. The summed E-state index contributed by atoms with van der Waals surface area (Å²) in [6.45, 7) is 1.53. The number of hydrogen-bond acceptors (Lipinski definition) is 4. The fraction of sp³-hybridized carbons (Fsp3) is 0.143. The number of anilines is 1. The van der Waals surface area contributed by atoms with E-state index in [0.29, 0.717) is 10.2 Å². The lowest BCUT2D eigenvalue weighted by Gasteiger charge is -2.09. The maximum absolute atomic E-state index is 13.7. The second-order valence-corrected chi connectivity index (χ2v) is 6.84. The number of carbonyl (C=O) groups is 1. The van der Waals surface area contributed by atoms with Crippen molar-refractivity contribution in [2.75, 3.05) is 5.32 Å². The summed E-state index contributed by atoms with van der Waals surface area (Å²) in [7, 11) is 0. The number of aryl methyl sites for hydroxylation is 1. The van der Waals surface area contributed by atoms with Crippen LogP contribution in [0.4, 0.5) is 18.9 Å². The SMILES string of the molecule is Cc1[nH]c2c(-c3ccccc3)c(C(F)(F)F)nn2c(=O)c1CC(=O)Nc1ccncc1. The van der Waals surface area contributed by atoms with Gasteiger partial charge in [-0.25, -0.2) is 0 Å². The van der Waals surface area contributed by atoms with Crippen LogP contribution in [0.5, 0.6) is 0 Å². The Bertz CT molecular complexity index is 1310. The van der Waals surface area contributed by atoms with Crippen LogP contribution in [0.1, 0.15) is 17.0 Å². The van der Waals surface area contributed by atoms with E-state index in [9.17, 15) is 22.8 Å². The summed E-state index contributed by atoms with van der Waals surface area (Å²) < 4.78 is 41.8. The third kappa shape index (κ3) is 3.91. The average Bonchev–Trinajstić information content (AvgIpc) is 3.12. The molecular formula is C21H16F3N5O2. The van der Waals surface area contributed by atoms with Crippen LogP contribution in [0.2, 0.25) is 0 Å². The van der Waals surface area contributed by atoms with Crippen molar-refractivity contribution < 1.29 is 18.0 Å². The van der Waals surface area contributed by atoms with Gasteiger partial charge in [-0.2, -0.15) is 22.8 Å². The Kier molecular flexibility index (Phi) is 5.05. The Labute approximate surface area is 173 Å². The zero-order valence-corrected chi connectivity index (χ0v) is 16.2. The maximum Gasteiger partial charge on any atom is 0.435 e. The van der Waals surface area contributed by atoms with Gasteiger partial charge in [0.05, 0.1) is 12.0 Å². The summed E-state index contributed by atoms with van der Waals surface area (Å²) in [4.78, 5) is 32.0. The van der Waals surface area contributed by atoms with Gasteiger partial charge in [0.2, 0.25) is 5.91 Å². The lowest BCUT2D eigenvalue weighted by molar-refractivity contribution is -0.140. The van der Waals surface area contributed by atoms with Gasteiger partial charge in [0.1, 0.15) is 5.65 Å². The molecule has 0 aliphatic carbocycles. The molecule has 0 fully saturated rings. The van der Waals surface area contributed by atoms with E-state index in [1.807, 2.05) is 0 Å². The van der Waals surface area contributed by atoms with E-state index in [-0.39, 0.29) is 34.5 Å². The van der Waals surface area contributed by atoms with E-state index < -0.39 is 23.3 Å². The number of carbonyl (C=O) groups excluding carboxylic acids is 1. The van der Waals surface area contributed by atoms with Crippen molar-refractivity contribution in [1.29, 1.82) is 0 Å². The van der Waals surface area contributed by atoms with Crippen LogP contribution in [0, 0.1) is 6.92 Å². The summed E-state index contributed by atoms with van der Waals surface area (Å²) in [5, 5.41) is 6.18. The molecule has 0 aliphatic heterocycles. The standard InChI is InChI=1S/C21H16F3N5O2/c1-12-15(11-16(30)27-14-7-9-25-10-8-14)20(31)29-19(26-12)17(13-5-3-2-4-6-13)18(28-29)21(22,23)24/h2-10,26H,11H2,1H3,(H,25,27,30). The second kappa shape index (κ2) is 7.71. The first-order chi connectivity index (χ1) is 14.8. The van der Waals surface area contributed by atoms with Crippen molar-refractivity contribution >= 4 is 17.2 Å². The minimum atomic E-state index is -4.77. The zero-order chi connectivity index (χ0) is 22.2. The Balaban J connectivity index is 1.82. The van der Waals surface area contributed by atoms with Gasteiger partial charge in [0.25, 0.3) is 5.56 Å². The first kappa shape index (κ1) is 20.3. The molecule has 0 aliphatic rings. The molecule has 1 aromatic carbocycles. The van der Waals surface area contributed by atoms with Crippen LogP contribution < -0.4 is 10.9 Å². The molecule has 3 aromatic heterocycles. The molecular weight excluding hydrogens is 411 g/mol. The molecule has 158 valence electrons. The molecule has 4 rings (SSSR count). The molecule has 2 N–H and O–H groups in total. The molecule has 0 atom stereocenters. The summed E-state index contributed by atoms with van der Waals surface area (Å²) in [5.74, 6) is -0.495. The van der Waals surface area contributed by atoms with Crippen molar-refractivity contribution in [3.05, 3.63) is 82.2 Å². The van der Waals surface area contributed by atoms with E-state index in [1.54, 1.807) is 30.3 Å². The number of nitrogens with zero attached hydrogens (tertiary/aromatic N) is 3. The number of aromatic amines is 1. The highest BCUT2D eigenvalue weighted by molar-refractivity contribution is 5.92. The topological polar surface area (TPSA) is 92.2 Å². The molecule has 0 unspecified atom stereocenters. The fourth-order valence-electron chi connectivity index (χ4n) is 3.31. The van der Waals surface area contributed by atoms with E-state index in [4.69, 9.17) is 0 Å². The van der Waals surface area contributed by atoms with Crippen molar-refractivity contribution in [3.8, 4) is 11.1 Å². The quantitative estimate of drug-likeness (QED) is 0.521. The monoisotopic (exact) mass is 427 g/mol. The highest BCUT2D eigenvalue weighted by Crippen LogP contribution is 2.38. The Morgan fingerprint density at radius 2 is 1.81 bits per heavy atom. The highest BCUT2D eigenvalue weighted by atomic mass is 19.4. The number of aromatic nitrogens is 4. The van der Waals surface area contributed by atoms with E-state index >= 15 is 0 Å². The summed E-state index contributed by atoms with van der Waals surface area (Å²) in [6, 6.07) is 11.0. The Morgan fingerprint density at radius 1 is 1.13 bits per heavy atom. The largest absolute Gasteiger partial charge is 0.435 e. The molecule has 10 heteroatoms. The van der Waals surface area contributed by atoms with Crippen LogP contribution in [0.15, 0.2) is 59.7 Å². The lowest BCUT2D eigenvalue weighted by atomic mass is 10.1. The van der Waals surface area contributed by atoms with Gasteiger partial charge in [-0.3, -0.25) is 14.6 Å². The number of amides is 1. The predicted octanol–water partition coefficient (Wildman–Crippen LogP) is 3.59. The number of rotatable bonds is 4. The molecule has 0 spiro atoms. The number of alkyl halides is 3. The van der Waals surface area contributed by atoms with Crippen LogP contribution in [0.3, 0.4) is 0 Å². The molecule has 1 amide bonds. The normalized spacial score (nSPS) is 11.6. The van der Waals surface area contributed by atoms with Crippen molar-refractivity contribution in [2.45, 2.75) is 19.5 Å². The number of halogens is 3. The Morgan fingerprint density at radius 3 is 2.45 bits per heavy atom. The van der Waals surface area contributed by atoms with Gasteiger partial charge < -0.3 is 10.3 Å². The van der Waals surface area contributed by atoms with Crippen molar-refractivity contribution in [1.82, 2.24) is 19.6 Å². The summed E-state index contributed by atoms with van der Waals surface area (Å²) in [5.41, 5.74) is -1.21. The average molecular weight is 427 g/mol. The van der Waals surface area contributed by atoms with Crippen molar-refractivity contribution in [2.24, 2.45) is 0 Å². The zero-order valence-electron chi connectivity index (χ0n) is 16.2. The smallest absolute Gasteiger partial charge is 0.343 e. The number of nitrogens with one attached hydrogen (secondary N) is 2. The summed E-state index contributed by atoms with van der Waals surface area (Å²) >= 11 is 0. The van der Waals surface area contributed by atoms with Crippen LogP contribution in [-0.4, -0.2) is 25.5 Å². The Hall–Kier alpha value is -3.95. The van der Waals surface area contributed by atoms with Gasteiger partial charge in [0.15, 0.2) is 5.69 Å². The predicted molar refractivity (Wildman–Crippen MR) is 108 cm³/mol. The van der Waals surface area contributed by atoms with Crippen LogP contribution in [0.25, 0.3) is 16.8 Å². The maximum atomic E-state index is 13.7. The number of H-pyrrole nitrogens is 1. The summed E-state index contributed by atoms with van der Waals surface area (Å²) in [6.07, 6.45) is -2.12. The first-order valence-electron chi connectivity index (χ1n) is 9.22. The molecule has 0 radical (unpaired) electrons. The first-order valence-corrected chi connectivity index (χ1v) is 9.22.